The number of nitrogens with one attached hydrogen (secondary N) is 1. The fourth-order valence-electron chi connectivity index (χ4n) is 1.48. The largest absolute Gasteiger partial charge is 0.494 e. The van der Waals surface area contributed by atoms with Gasteiger partial charge in [0.1, 0.15) is 5.75 Å². The molecular weight excluding hydrogens is 190 g/mol. The van der Waals surface area contributed by atoms with E-state index in [9.17, 15) is 0 Å². The number of rotatable bonds is 6. The molecule has 0 aliphatic carbocycles. The van der Waals surface area contributed by atoms with Gasteiger partial charge in [-0.15, -0.1) is 0 Å². The minimum absolute atomic E-state index is 0.241. The van der Waals surface area contributed by atoms with Crippen LogP contribution in [0.4, 0.5) is 0 Å². The minimum Gasteiger partial charge on any atom is -0.494 e. The third-order valence-electron chi connectivity index (χ3n) is 2.28. The zero-order chi connectivity index (χ0) is 11.1. The van der Waals surface area contributed by atoms with Crippen molar-refractivity contribution in [3.05, 3.63) is 29.8 Å². The molecule has 1 aromatic carbocycles. The first-order valence-electron chi connectivity index (χ1n) is 5.20. The fraction of sp³-hybridized carbons (Fsp3) is 0.500. The van der Waals surface area contributed by atoms with Gasteiger partial charge in [-0.2, -0.15) is 0 Å². The standard InChI is InChI=1S/C12H19NO2/c1-4-15-11-7-5-10(6-8-11)12(13-2)9-14-3/h5-8,12-13H,4,9H2,1-3H3. The second-order valence-electron chi connectivity index (χ2n) is 3.30. The molecule has 0 heterocycles. The molecule has 3 heteroatoms. The normalized spacial score (nSPS) is 12.5. The molecule has 0 spiro atoms. The van der Waals surface area contributed by atoms with Gasteiger partial charge in [-0.1, -0.05) is 12.1 Å². The Balaban J connectivity index is 2.68. The second kappa shape index (κ2) is 6.43. The molecule has 15 heavy (non-hydrogen) atoms. The van der Waals surface area contributed by atoms with Crippen LogP contribution in [0.5, 0.6) is 5.75 Å². The number of benzene rings is 1. The van der Waals surface area contributed by atoms with E-state index in [4.69, 9.17) is 9.47 Å². The molecule has 1 rings (SSSR count). The molecule has 0 aliphatic rings. The van der Waals surface area contributed by atoms with Gasteiger partial charge in [0.2, 0.25) is 0 Å². The topological polar surface area (TPSA) is 30.5 Å². The number of hydrogen-bond donors (Lipinski definition) is 1. The summed E-state index contributed by atoms with van der Waals surface area (Å²) in [7, 11) is 3.64. The van der Waals surface area contributed by atoms with E-state index in [1.165, 1.54) is 5.56 Å². The maximum atomic E-state index is 5.38. The number of ether oxygens (including phenoxy) is 2. The first-order valence-corrected chi connectivity index (χ1v) is 5.20. The van der Waals surface area contributed by atoms with Crippen LogP contribution in [0.15, 0.2) is 24.3 Å². The highest BCUT2D eigenvalue weighted by molar-refractivity contribution is 5.29. The van der Waals surface area contributed by atoms with Gasteiger partial charge in [0.05, 0.1) is 19.3 Å². The van der Waals surface area contributed by atoms with E-state index in [1.807, 2.05) is 26.1 Å². The van der Waals surface area contributed by atoms with Gasteiger partial charge in [0.25, 0.3) is 0 Å². The van der Waals surface area contributed by atoms with Crippen molar-refractivity contribution in [2.24, 2.45) is 0 Å². The van der Waals surface area contributed by atoms with Gasteiger partial charge < -0.3 is 14.8 Å². The molecule has 3 nitrogen and oxygen atoms in total. The molecule has 84 valence electrons. The first-order chi connectivity index (χ1) is 7.31. The van der Waals surface area contributed by atoms with Crippen LogP contribution < -0.4 is 10.1 Å². The summed E-state index contributed by atoms with van der Waals surface area (Å²) in [5.41, 5.74) is 1.21. The molecule has 0 aromatic heterocycles. The third kappa shape index (κ3) is 3.53. The Morgan fingerprint density at radius 2 is 1.93 bits per heavy atom. The summed E-state index contributed by atoms with van der Waals surface area (Å²) in [5.74, 6) is 0.911. The Bertz CT molecular complexity index is 271. The Morgan fingerprint density at radius 3 is 2.40 bits per heavy atom. The summed E-state index contributed by atoms with van der Waals surface area (Å²) in [6.07, 6.45) is 0. The monoisotopic (exact) mass is 209 g/mol. The van der Waals surface area contributed by atoms with E-state index in [1.54, 1.807) is 7.11 Å². The Hall–Kier alpha value is -1.06. The van der Waals surface area contributed by atoms with Crippen molar-refractivity contribution in [1.29, 1.82) is 0 Å². The Kier molecular flexibility index (Phi) is 5.15. The third-order valence-corrected chi connectivity index (χ3v) is 2.28. The molecule has 0 saturated carbocycles. The highest BCUT2D eigenvalue weighted by atomic mass is 16.5. The van der Waals surface area contributed by atoms with Gasteiger partial charge in [0, 0.05) is 7.11 Å². The van der Waals surface area contributed by atoms with Crippen LogP contribution in [0.3, 0.4) is 0 Å². The minimum atomic E-state index is 0.241. The lowest BCUT2D eigenvalue weighted by Crippen LogP contribution is -2.20. The summed E-state index contributed by atoms with van der Waals surface area (Å²) in [5, 5.41) is 3.20. The van der Waals surface area contributed by atoms with Crippen molar-refractivity contribution < 1.29 is 9.47 Å². The molecular formula is C12H19NO2. The smallest absolute Gasteiger partial charge is 0.119 e. The lowest BCUT2D eigenvalue weighted by atomic mass is 10.1. The summed E-state index contributed by atoms with van der Waals surface area (Å²) in [6, 6.07) is 8.33. The van der Waals surface area contributed by atoms with Crippen molar-refractivity contribution >= 4 is 0 Å². The molecule has 1 N–H and O–H groups in total. The average Bonchev–Trinajstić information content (AvgIpc) is 2.28. The molecule has 0 amide bonds. The van der Waals surface area contributed by atoms with Crippen LogP contribution in [0, 0.1) is 0 Å². The summed E-state index contributed by atoms with van der Waals surface area (Å²) in [4.78, 5) is 0. The van der Waals surface area contributed by atoms with Crippen molar-refractivity contribution in [2.75, 3.05) is 27.4 Å². The van der Waals surface area contributed by atoms with Crippen molar-refractivity contribution in [2.45, 2.75) is 13.0 Å². The predicted molar refractivity (Wildman–Crippen MR) is 61.3 cm³/mol. The average molecular weight is 209 g/mol. The molecule has 1 atom stereocenters. The first kappa shape index (κ1) is 12.0. The van der Waals surface area contributed by atoms with Gasteiger partial charge in [-0.3, -0.25) is 0 Å². The number of hydrogen-bond acceptors (Lipinski definition) is 3. The second-order valence-corrected chi connectivity index (χ2v) is 3.30. The van der Waals surface area contributed by atoms with Crippen molar-refractivity contribution in [3.8, 4) is 5.75 Å². The van der Waals surface area contributed by atoms with Gasteiger partial charge >= 0.3 is 0 Å². The maximum Gasteiger partial charge on any atom is 0.119 e. The Labute approximate surface area is 91.4 Å². The summed E-state index contributed by atoms with van der Waals surface area (Å²) in [6.45, 7) is 3.35. The van der Waals surface area contributed by atoms with Crippen LogP contribution in [0.1, 0.15) is 18.5 Å². The zero-order valence-electron chi connectivity index (χ0n) is 9.62. The fourth-order valence-corrected chi connectivity index (χ4v) is 1.48. The maximum absolute atomic E-state index is 5.38. The van der Waals surface area contributed by atoms with E-state index in [-0.39, 0.29) is 6.04 Å². The highest BCUT2D eigenvalue weighted by Crippen LogP contribution is 2.17. The van der Waals surface area contributed by atoms with Crippen molar-refractivity contribution in [1.82, 2.24) is 5.32 Å². The quantitative estimate of drug-likeness (QED) is 0.777. The SMILES string of the molecule is CCOc1ccc(C(COC)NC)cc1. The van der Waals surface area contributed by atoms with Crippen LogP contribution in [0.2, 0.25) is 0 Å². The van der Waals surface area contributed by atoms with Crippen LogP contribution >= 0.6 is 0 Å². The van der Waals surface area contributed by atoms with E-state index < -0.39 is 0 Å². The van der Waals surface area contributed by atoms with Gasteiger partial charge in [-0.05, 0) is 31.7 Å². The zero-order valence-corrected chi connectivity index (χ0v) is 9.62. The molecule has 0 radical (unpaired) electrons. The number of likely N-dealkylation sites (N-methyl/N-ethyl adjacent to an activating group) is 1. The van der Waals surface area contributed by atoms with Crippen LogP contribution in [0.25, 0.3) is 0 Å². The van der Waals surface area contributed by atoms with E-state index >= 15 is 0 Å². The van der Waals surface area contributed by atoms with E-state index in [0.29, 0.717) is 13.2 Å². The predicted octanol–water partition coefficient (Wildman–Crippen LogP) is 1.99. The lowest BCUT2D eigenvalue weighted by molar-refractivity contribution is 0.170. The molecule has 1 unspecified atom stereocenters. The van der Waals surface area contributed by atoms with Crippen LogP contribution in [-0.2, 0) is 4.74 Å². The lowest BCUT2D eigenvalue weighted by Gasteiger charge is -2.15. The highest BCUT2D eigenvalue weighted by Gasteiger charge is 2.07. The van der Waals surface area contributed by atoms with Gasteiger partial charge in [-0.25, -0.2) is 0 Å². The molecule has 0 fully saturated rings. The number of methoxy groups -OCH3 is 1. The molecule has 0 aliphatic heterocycles. The Morgan fingerprint density at radius 1 is 1.27 bits per heavy atom. The summed E-state index contributed by atoms with van der Waals surface area (Å²) >= 11 is 0. The van der Waals surface area contributed by atoms with Crippen molar-refractivity contribution in [3.63, 3.8) is 0 Å². The van der Waals surface area contributed by atoms with E-state index in [0.717, 1.165) is 5.75 Å². The summed E-state index contributed by atoms with van der Waals surface area (Å²) < 4.78 is 10.5. The van der Waals surface area contributed by atoms with Gasteiger partial charge in [0.15, 0.2) is 0 Å². The van der Waals surface area contributed by atoms with E-state index in [2.05, 4.69) is 17.4 Å². The van der Waals surface area contributed by atoms with Crippen LogP contribution in [-0.4, -0.2) is 27.4 Å². The molecule has 0 saturated heterocycles. The molecule has 1 aromatic rings. The molecule has 0 bridgehead atoms.